The van der Waals surface area contributed by atoms with Gasteiger partial charge < -0.3 is 10.6 Å². The number of hydrogen-bond donors (Lipinski definition) is 1. The fourth-order valence-electron chi connectivity index (χ4n) is 2.92. The molecule has 112 valence electrons. The lowest BCUT2D eigenvalue weighted by Crippen LogP contribution is -2.42. The molecular weight excluding hydrogens is 276 g/mol. The van der Waals surface area contributed by atoms with E-state index in [4.69, 9.17) is 17.3 Å². The van der Waals surface area contributed by atoms with Gasteiger partial charge in [-0.3, -0.25) is 4.79 Å². The zero-order chi connectivity index (χ0) is 14.7. The van der Waals surface area contributed by atoms with E-state index in [-0.39, 0.29) is 10.6 Å². The van der Waals surface area contributed by atoms with Crippen LogP contribution in [0, 0.1) is 0 Å². The summed E-state index contributed by atoms with van der Waals surface area (Å²) in [6.07, 6.45) is 5.85. The second kappa shape index (κ2) is 6.59. The van der Waals surface area contributed by atoms with Crippen LogP contribution in [0.5, 0.6) is 0 Å². The van der Waals surface area contributed by atoms with Crippen molar-refractivity contribution < 1.29 is 0 Å². The first-order valence-corrected chi connectivity index (χ1v) is 7.74. The molecule has 0 radical (unpaired) electrons. The monoisotopic (exact) mass is 298 g/mol. The normalized spacial score (nSPS) is 22.8. The van der Waals surface area contributed by atoms with E-state index in [1.165, 1.54) is 4.68 Å². The van der Waals surface area contributed by atoms with Gasteiger partial charge in [-0.1, -0.05) is 11.6 Å². The molecule has 1 aromatic rings. The smallest absolute Gasteiger partial charge is 0.287 e. The largest absolute Gasteiger partial charge is 0.366 e. The minimum Gasteiger partial charge on any atom is -0.366 e. The van der Waals surface area contributed by atoms with Gasteiger partial charge in [0.25, 0.3) is 5.56 Å². The zero-order valence-corrected chi connectivity index (χ0v) is 12.9. The molecule has 0 unspecified atom stereocenters. The molecule has 0 saturated heterocycles. The highest BCUT2D eigenvalue weighted by atomic mass is 35.5. The number of aryl methyl sites for hydroxylation is 1. The number of nitrogens with zero attached hydrogens (tertiary/aromatic N) is 3. The zero-order valence-electron chi connectivity index (χ0n) is 12.2. The maximum atomic E-state index is 12.1. The van der Waals surface area contributed by atoms with Crippen LogP contribution in [0.1, 0.15) is 39.5 Å². The molecule has 0 bridgehead atoms. The lowest BCUT2D eigenvalue weighted by molar-refractivity contribution is 0.377. The molecule has 1 aliphatic rings. The Balaban J connectivity index is 2.28. The topological polar surface area (TPSA) is 64.2 Å². The second-order valence-electron chi connectivity index (χ2n) is 5.32. The van der Waals surface area contributed by atoms with Crippen molar-refractivity contribution in [1.82, 2.24) is 9.78 Å². The molecule has 0 aromatic carbocycles. The number of halogens is 1. The molecule has 6 heteroatoms. The summed E-state index contributed by atoms with van der Waals surface area (Å²) in [7, 11) is 0. The van der Waals surface area contributed by atoms with Gasteiger partial charge >= 0.3 is 0 Å². The summed E-state index contributed by atoms with van der Waals surface area (Å²) in [4.78, 5) is 14.3. The number of nitrogens with two attached hydrogens (primary N) is 1. The van der Waals surface area contributed by atoms with E-state index in [1.807, 2.05) is 6.92 Å². The fourth-order valence-corrected chi connectivity index (χ4v) is 3.18. The van der Waals surface area contributed by atoms with E-state index in [0.717, 1.165) is 37.9 Å². The van der Waals surface area contributed by atoms with Gasteiger partial charge in [-0.25, -0.2) is 4.68 Å². The minimum atomic E-state index is -0.211. The van der Waals surface area contributed by atoms with Gasteiger partial charge in [0, 0.05) is 25.2 Å². The van der Waals surface area contributed by atoms with E-state index in [0.29, 0.717) is 18.6 Å². The van der Waals surface area contributed by atoms with Crippen LogP contribution < -0.4 is 16.2 Å². The summed E-state index contributed by atoms with van der Waals surface area (Å²) < 4.78 is 1.39. The first-order chi connectivity index (χ1) is 9.58. The van der Waals surface area contributed by atoms with E-state index in [9.17, 15) is 4.79 Å². The van der Waals surface area contributed by atoms with Crippen molar-refractivity contribution in [3.8, 4) is 0 Å². The predicted octanol–water partition coefficient (Wildman–Crippen LogP) is 2.01. The Hall–Kier alpha value is -1.07. The Morgan fingerprint density at radius 1 is 1.40 bits per heavy atom. The molecule has 1 aliphatic carbocycles. The maximum absolute atomic E-state index is 12.1. The van der Waals surface area contributed by atoms with Crippen LogP contribution in [0.4, 0.5) is 5.69 Å². The summed E-state index contributed by atoms with van der Waals surface area (Å²) in [5, 5.41) is 4.47. The quantitative estimate of drug-likeness (QED) is 0.923. The third kappa shape index (κ3) is 2.99. The Morgan fingerprint density at radius 3 is 2.60 bits per heavy atom. The maximum Gasteiger partial charge on any atom is 0.287 e. The third-order valence-corrected chi connectivity index (χ3v) is 4.45. The first-order valence-electron chi connectivity index (χ1n) is 7.36. The van der Waals surface area contributed by atoms with Crippen molar-refractivity contribution in [1.29, 1.82) is 0 Å². The molecule has 20 heavy (non-hydrogen) atoms. The Kier molecular flexibility index (Phi) is 5.05. The van der Waals surface area contributed by atoms with Crippen molar-refractivity contribution >= 4 is 17.3 Å². The van der Waals surface area contributed by atoms with Gasteiger partial charge in [0.05, 0.1) is 11.9 Å². The summed E-state index contributed by atoms with van der Waals surface area (Å²) in [5.74, 6) is 0. The van der Waals surface area contributed by atoms with Gasteiger partial charge in [-0.05, 0) is 39.5 Å². The van der Waals surface area contributed by atoms with Crippen molar-refractivity contribution in [2.24, 2.45) is 5.73 Å². The molecule has 1 aromatic heterocycles. The highest BCUT2D eigenvalue weighted by molar-refractivity contribution is 6.33. The summed E-state index contributed by atoms with van der Waals surface area (Å²) in [6, 6.07) is 0.711. The molecule has 5 nitrogen and oxygen atoms in total. The molecule has 0 spiro atoms. The molecule has 2 N–H and O–H groups in total. The SMILES string of the molecule is CCN(c1cnn(CC)c(=O)c1Cl)C1CCC(N)CC1. The average molecular weight is 299 g/mol. The third-order valence-electron chi connectivity index (χ3n) is 4.10. The van der Waals surface area contributed by atoms with E-state index >= 15 is 0 Å². The van der Waals surface area contributed by atoms with Gasteiger partial charge in [0.1, 0.15) is 5.02 Å². The number of rotatable bonds is 4. The molecule has 2 rings (SSSR count). The Labute approximate surface area is 124 Å². The Morgan fingerprint density at radius 2 is 2.05 bits per heavy atom. The van der Waals surface area contributed by atoms with Crippen LogP contribution in [0.15, 0.2) is 11.0 Å². The van der Waals surface area contributed by atoms with Crippen molar-refractivity contribution in [3.63, 3.8) is 0 Å². The van der Waals surface area contributed by atoms with E-state index in [2.05, 4.69) is 16.9 Å². The molecule has 1 heterocycles. The van der Waals surface area contributed by atoms with Gasteiger partial charge in [-0.15, -0.1) is 0 Å². The highest BCUT2D eigenvalue weighted by Crippen LogP contribution is 2.29. The van der Waals surface area contributed by atoms with Crippen LogP contribution in [0.25, 0.3) is 0 Å². The van der Waals surface area contributed by atoms with Crippen LogP contribution in [-0.2, 0) is 6.54 Å². The summed E-state index contributed by atoms with van der Waals surface area (Å²) in [5.41, 5.74) is 6.50. The van der Waals surface area contributed by atoms with E-state index < -0.39 is 0 Å². The summed E-state index contributed by atoms with van der Waals surface area (Å²) >= 11 is 6.26. The molecule has 0 amide bonds. The van der Waals surface area contributed by atoms with Crippen molar-refractivity contribution in [2.75, 3.05) is 11.4 Å². The fraction of sp³-hybridized carbons (Fsp3) is 0.714. The minimum absolute atomic E-state index is 0.211. The Bertz CT molecular complexity index is 508. The van der Waals surface area contributed by atoms with Gasteiger partial charge in [0.2, 0.25) is 0 Å². The lowest BCUT2D eigenvalue weighted by atomic mass is 9.90. The molecule has 0 aliphatic heterocycles. The van der Waals surface area contributed by atoms with Crippen molar-refractivity contribution in [3.05, 3.63) is 21.6 Å². The molecule has 1 saturated carbocycles. The molecule has 1 fully saturated rings. The standard InChI is InChI=1S/C14H23ClN4O/c1-3-18(11-7-5-10(16)6-8-11)12-9-17-19(4-2)14(20)13(12)15/h9-11H,3-8,16H2,1-2H3. The van der Waals surface area contributed by atoms with Crippen molar-refractivity contribution in [2.45, 2.75) is 58.2 Å². The number of hydrogen-bond acceptors (Lipinski definition) is 4. The molecular formula is C14H23ClN4O. The predicted molar refractivity (Wildman–Crippen MR) is 82.4 cm³/mol. The van der Waals surface area contributed by atoms with Crippen LogP contribution in [0.2, 0.25) is 5.02 Å². The van der Waals surface area contributed by atoms with Gasteiger partial charge in [-0.2, -0.15) is 5.10 Å². The lowest BCUT2D eigenvalue weighted by Gasteiger charge is -2.37. The molecule has 0 atom stereocenters. The highest BCUT2D eigenvalue weighted by Gasteiger charge is 2.26. The first kappa shape index (κ1) is 15.3. The number of anilines is 1. The van der Waals surface area contributed by atoms with Crippen LogP contribution in [-0.4, -0.2) is 28.4 Å². The second-order valence-corrected chi connectivity index (χ2v) is 5.70. The van der Waals surface area contributed by atoms with Crippen LogP contribution in [0.3, 0.4) is 0 Å². The average Bonchev–Trinajstić information content (AvgIpc) is 2.46. The summed E-state index contributed by atoms with van der Waals surface area (Å²) in [6.45, 7) is 5.31. The number of aromatic nitrogens is 2. The van der Waals surface area contributed by atoms with Crippen LogP contribution >= 0.6 is 11.6 Å². The van der Waals surface area contributed by atoms with E-state index in [1.54, 1.807) is 6.20 Å². The van der Waals surface area contributed by atoms with Gasteiger partial charge in [0.15, 0.2) is 0 Å².